The topological polar surface area (TPSA) is 64.0 Å². The molecule has 2 aromatic carbocycles. The number of anilines is 1. The minimum absolute atomic E-state index is 0.105. The molecule has 2 heterocycles. The molecule has 0 atom stereocenters. The summed E-state index contributed by atoms with van der Waals surface area (Å²) in [4.78, 5) is 30.6. The van der Waals surface area contributed by atoms with E-state index < -0.39 is 0 Å². The zero-order valence-corrected chi connectivity index (χ0v) is 19.3. The Morgan fingerprint density at radius 3 is 2.65 bits per heavy atom. The second-order valence-electron chi connectivity index (χ2n) is 7.35. The molecule has 0 radical (unpaired) electrons. The van der Waals surface area contributed by atoms with Crippen LogP contribution >= 0.6 is 23.1 Å². The molecule has 2 aromatic heterocycles. The Morgan fingerprint density at radius 1 is 1.13 bits per heavy atom. The Hall–Kier alpha value is -2.90. The molecule has 0 aliphatic rings. The van der Waals surface area contributed by atoms with Gasteiger partial charge in [-0.25, -0.2) is 4.98 Å². The highest BCUT2D eigenvalue weighted by molar-refractivity contribution is 7.99. The Balaban J connectivity index is 1.64. The van der Waals surface area contributed by atoms with E-state index in [1.165, 1.54) is 28.7 Å². The summed E-state index contributed by atoms with van der Waals surface area (Å²) in [6, 6.07) is 15.7. The average Bonchev–Trinajstić information content (AvgIpc) is 3.24. The molecule has 0 aliphatic carbocycles. The molecule has 0 bridgehead atoms. The van der Waals surface area contributed by atoms with Gasteiger partial charge >= 0.3 is 0 Å². The van der Waals surface area contributed by atoms with Crippen molar-refractivity contribution in [3.63, 3.8) is 0 Å². The summed E-state index contributed by atoms with van der Waals surface area (Å²) >= 11 is 2.65. The van der Waals surface area contributed by atoms with Crippen molar-refractivity contribution < 1.29 is 4.79 Å². The number of nitrogens with one attached hydrogen (secondary N) is 1. The van der Waals surface area contributed by atoms with Crippen molar-refractivity contribution in [2.45, 2.75) is 32.3 Å². The van der Waals surface area contributed by atoms with Crippen molar-refractivity contribution in [3.8, 4) is 5.69 Å². The number of hydrogen-bond donors (Lipinski definition) is 1. The van der Waals surface area contributed by atoms with Gasteiger partial charge in [0, 0.05) is 5.69 Å². The number of carbonyl (C=O) groups excluding carboxylic acids is 1. The lowest BCUT2D eigenvalue weighted by atomic mass is 10.1. The Kier molecular flexibility index (Phi) is 6.25. The van der Waals surface area contributed by atoms with Crippen LogP contribution < -0.4 is 10.9 Å². The Labute approximate surface area is 189 Å². The molecule has 0 spiro atoms. The number of rotatable bonds is 6. The minimum Gasteiger partial charge on any atom is -0.325 e. The molecule has 1 amide bonds. The molecule has 5 nitrogen and oxygen atoms in total. The second-order valence-corrected chi connectivity index (χ2v) is 9.21. The first-order chi connectivity index (χ1) is 15.0. The van der Waals surface area contributed by atoms with Gasteiger partial charge in [-0.2, -0.15) is 0 Å². The van der Waals surface area contributed by atoms with Crippen molar-refractivity contribution in [2.24, 2.45) is 0 Å². The standard InChI is InChI=1S/C24H23N3O2S2/c1-4-17-7-9-18(10-8-17)25-21(28)14-31-24-26-19-11-12-30-22(19)23(29)27(24)20-13-15(2)5-6-16(20)3/h5-13H,4,14H2,1-3H3,(H,25,28). The third-order valence-electron chi connectivity index (χ3n) is 5.03. The van der Waals surface area contributed by atoms with Crippen molar-refractivity contribution in [1.29, 1.82) is 0 Å². The maximum absolute atomic E-state index is 13.3. The zero-order valence-electron chi connectivity index (χ0n) is 17.6. The minimum atomic E-state index is -0.138. The number of nitrogens with zero attached hydrogens (tertiary/aromatic N) is 2. The van der Waals surface area contributed by atoms with E-state index in [4.69, 9.17) is 4.98 Å². The van der Waals surface area contributed by atoms with Crippen LogP contribution in [0.3, 0.4) is 0 Å². The van der Waals surface area contributed by atoms with E-state index in [0.717, 1.165) is 28.9 Å². The summed E-state index contributed by atoms with van der Waals surface area (Å²) in [5.41, 5.74) is 5.37. The molecular formula is C24H23N3O2S2. The first-order valence-corrected chi connectivity index (χ1v) is 11.9. The molecule has 7 heteroatoms. The van der Waals surface area contributed by atoms with Gasteiger partial charge in [0.2, 0.25) is 5.91 Å². The molecule has 0 saturated carbocycles. The number of aromatic nitrogens is 2. The molecule has 0 aliphatic heterocycles. The van der Waals surface area contributed by atoms with Gasteiger partial charge in [-0.3, -0.25) is 14.2 Å². The van der Waals surface area contributed by atoms with Gasteiger partial charge in [-0.1, -0.05) is 43.0 Å². The quantitative estimate of drug-likeness (QED) is 0.318. The SMILES string of the molecule is CCc1ccc(NC(=O)CSc2nc3ccsc3c(=O)n2-c2cc(C)ccc2C)cc1. The lowest BCUT2D eigenvalue weighted by Gasteiger charge is -2.15. The highest BCUT2D eigenvalue weighted by Gasteiger charge is 2.17. The van der Waals surface area contributed by atoms with Gasteiger partial charge in [0.05, 0.1) is 17.0 Å². The van der Waals surface area contributed by atoms with Crippen molar-refractivity contribution in [2.75, 3.05) is 11.1 Å². The fourth-order valence-corrected chi connectivity index (χ4v) is 4.88. The average molecular weight is 450 g/mol. The van der Waals surface area contributed by atoms with Gasteiger partial charge in [-0.05, 0) is 66.6 Å². The van der Waals surface area contributed by atoms with E-state index in [0.29, 0.717) is 15.4 Å². The van der Waals surface area contributed by atoms with Gasteiger partial charge < -0.3 is 5.32 Å². The first-order valence-electron chi connectivity index (χ1n) is 10.1. The van der Waals surface area contributed by atoms with Crippen molar-refractivity contribution in [1.82, 2.24) is 9.55 Å². The number of carbonyl (C=O) groups is 1. The van der Waals surface area contributed by atoms with E-state index in [-0.39, 0.29) is 17.2 Å². The molecule has 31 heavy (non-hydrogen) atoms. The molecule has 0 fully saturated rings. The number of amides is 1. The van der Waals surface area contributed by atoms with Crippen LogP contribution in [0.25, 0.3) is 15.9 Å². The molecule has 158 valence electrons. The summed E-state index contributed by atoms with van der Waals surface area (Å²) < 4.78 is 2.25. The van der Waals surface area contributed by atoms with E-state index in [9.17, 15) is 9.59 Å². The third kappa shape index (κ3) is 4.57. The van der Waals surface area contributed by atoms with Crippen LogP contribution in [0.4, 0.5) is 5.69 Å². The summed E-state index contributed by atoms with van der Waals surface area (Å²) in [7, 11) is 0. The highest BCUT2D eigenvalue weighted by atomic mass is 32.2. The Bertz CT molecular complexity index is 1310. The van der Waals surface area contributed by atoms with Crippen molar-refractivity contribution >= 4 is 44.9 Å². The number of thiophene rings is 1. The summed E-state index contributed by atoms with van der Waals surface area (Å²) in [6.07, 6.45) is 0.955. The molecule has 0 saturated heterocycles. The lowest BCUT2D eigenvalue weighted by molar-refractivity contribution is -0.113. The molecule has 4 rings (SSSR count). The summed E-state index contributed by atoms with van der Waals surface area (Å²) in [5, 5.41) is 5.30. The van der Waals surface area contributed by atoms with E-state index >= 15 is 0 Å². The van der Waals surface area contributed by atoms with Gasteiger partial charge in [-0.15, -0.1) is 11.3 Å². The van der Waals surface area contributed by atoms with Crippen LogP contribution in [0.1, 0.15) is 23.6 Å². The van der Waals surface area contributed by atoms with Crippen LogP contribution in [0.15, 0.2) is 63.9 Å². The van der Waals surface area contributed by atoms with Gasteiger partial charge in [0.15, 0.2) is 5.16 Å². The van der Waals surface area contributed by atoms with Gasteiger partial charge in [0.25, 0.3) is 5.56 Å². The van der Waals surface area contributed by atoms with Crippen LogP contribution in [0.5, 0.6) is 0 Å². The monoisotopic (exact) mass is 449 g/mol. The summed E-state index contributed by atoms with van der Waals surface area (Å²) in [5.74, 6) is 0.0177. The fourth-order valence-electron chi connectivity index (χ4n) is 3.31. The number of fused-ring (bicyclic) bond motifs is 1. The molecular weight excluding hydrogens is 426 g/mol. The zero-order chi connectivity index (χ0) is 22.0. The largest absolute Gasteiger partial charge is 0.325 e. The number of aryl methyl sites for hydroxylation is 3. The molecule has 4 aromatic rings. The summed E-state index contributed by atoms with van der Waals surface area (Å²) in [6.45, 7) is 6.06. The van der Waals surface area contributed by atoms with Crippen molar-refractivity contribution in [3.05, 3.63) is 81.0 Å². The van der Waals surface area contributed by atoms with E-state index in [1.807, 2.05) is 67.8 Å². The third-order valence-corrected chi connectivity index (χ3v) is 6.86. The number of hydrogen-bond acceptors (Lipinski definition) is 5. The predicted molar refractivity (Wildman–Crippen MR) is 130 cm³/mol. The number of benzene rings is 2. The Morgan fingerprint density at radius 2 is 1.90 bits per heavy atom. The lowest BCUT2D eigenvalue weighted by Crippen LogP contribution is -2.23. The van der Waals surface area contributed by atoms with Gasteiger partial charge in [0.1, 0.15) is 4.70 Å². The maximum Gasteiger partial charge on any atom is 0.276 e. The van der Waals surface area contributed by atoms with Crippen LogP contribution in [-0.2, 0) is 11.2 Å². The smallest absolute Gasteiger partial charge is 0.276 e. The maximum atomic E-state index is 13.3. The number of thioether (sulfide) groups is 1. The first kappa shape index (κ1) is 21.3. The molecule has 0 unspecified atom stereocenters. The van der Waals surface area contributed by atoms with E-state index in [2.05, 4.69) is 12.2 Å². The van der Waals surface area contributed by atoms with Crippen LogP contribution in [-0.4, -0.2) is 21.2 Å². The second kappa shape index (κ2) is 9.08. The normalized spacial score (nSPS) is 11.1. The highest BCUT2D eigenvalue weighted by Crippen LogP contribution is 2.26. The van der Waals surface area contributed by atoms with E-state index in [1.54, 1.807) is 4.57 Å². The fraction of sp³-hybridized carbons (Fsp3) is 0.208. The predicted octanol–water partition coefficient (Wildman–Crippen LogP) is 5.36. The van der Waals surface area contributed by atoms with Crippen LogP contribution in [0.2, 0.25) is 0 Å². The van der Waals surface area contributed by atoms with Crippen LogP contribution in [0, 0.1) is 13.8 Å². The molecule has 1 N–H and O–H groups in total.